The van der Waals surface area contributed by atoms with Crippen molar-refractivity contribution >= 4 is 33.4 Å². The lowest BCUT2D eigenvalue weighted by atomic mass is 10.1. The van der Waals surface area contributed by atoms with Gasteiger partial charge in [-0.25, -0.2) is 0 Å². The summed E-state index contributed by atoms with van der Waals surface area (Å²) in [5.74, 6) is -0.823. The van der Waals surface area contributed by atoms with Crippen LogP contribution in [0.2, 0.25) is 0 Å². The third-order valence-corrected chi connectivity index (χ3v) is 4.83. The molecule has 0 aliphatic heterocycles. The molecule has 4 nitrogen and oxygen atoms in total. The summed E-state index contributed by atoms with van der Waals surface area (Å²) in [6.07, 6.45) is -4.62. The Bertz CT molecular complexity index is 1210. The number of fused-ring (bicyclic) bond motifs is 3. The minimum Gasteiger partial charge on any atom is -0.395 e. The second-order valence-electron chi connectivity index (χ2n) is 6.62. The second-order valence-corrected chi connectivity index (χ2v) is 6.62. The van der Waals surface area contributed by atoms with Gasteiger partial charge in [0.25, 0.3) is 5.91 Å². The first-order valence-electron chi connectivity index (χ1n) is 8.99. The van der Waals surface area contributed by atoms with Gasteiger partial charge in [0.1, 0.15) is 0 Å². The highest BCUT2D eigenvalue weighted by Crippen LogP contribution is 2.33. The van der Waals surface area contributed by atoms with Crippen molar-refractivity contribution in [3.8, 4) is 0 Å². The first-order valence-corrected chi connectivity index (χ1v) is 8.99. The molecular formula is C22H17F3N2O2. The van der Waals surface area contributed by atoms with Crippen LogP contribution in [0.4, 0.5) is 18.9 Å². The molecule has 0 fully saturated rings. The highest BCUT2D eigenvalue weighted by molar-refractivity contribution is 6.11. The fraction of sp³-hybridized carbons (Fsp3) is 0.136. The number of rotatable bonds is 4. The number of nitrogens with zero attached hydrogens (tertiary/aromatic N) is 1. The van der Waals surface area contributed by atoms with Gasteiger partial charge < -0.3 is 15.0 Å². The molecule has 7 heteroatoms. The summed E-state index contributed by atoms with van der Waals surface area (Å²) in [5, 5.41) is 13.7. The van der Waals surface area contributed by atoms with Gasteiger partial charge in [-0.1, -0.05) is 30.3 Å². The van der Waals surface area contributed by atoms with E-state index in [-0.39, 0.29) is 6.61 Å². The number of benzene rings is 3. The number of carbonyl (C=O) groups excluding carboxylic acids is 1. The Balaban J connectivity index is 1.75. The number of halogens is 3. The smallest absolute Gasteiger partial charge is 0.395 e. The van der Waals surface area contributed by atoms with Crippen LogP contribution < -0.4 is 5.32 Å². The summed E-state index contributed by atoms with van der Waals surface area (Å²) >= 11 is 0. The number of aliphatic hydroxyl groups is 1. The van der Waals surface area contributed by atoms with Crippen molar-refractivity contribution in [2.75, 3.05) is 11.9 Å². The molecule has 148 valence electrons. The minimum atomic E-state index is -4.62. The number of para-hydroxylation sites is 1. The van der Waals surface area contributed by atoms with E-state index in [2.05, 4.69) is 5.32 Å². The summed E-state index contributed by atoms with van der Waals surface area (Å²) in [4.78, 5) is 12.5. The van der Waals surface area contributed by atoms with E-state index in [9.17, 15) is 23.1 Å². The van der Waals surface area contributed by atoms with E-state index in [4.69, 9.17) is 0 Å². The maximum atomic E-state index is 13.2. The Morgan fingerprint density at radius 3 is 2.38 bits per heavy atom. The molecule has 2 N–H and O–H groups in total. The number of aromatic nitrogens is 1. The fourth-order valence-corrected chi connectivity index (χ4v) is 3.60. The van der Waals surface area contributed by atoms with Gasteiger partial charge in [0.2, 0.25) is 0 Å². The van der Waals surface area contributed by atoms with Crippen molar-refractivity contribution in [3.63, 3.8) is 0 Å². The van der Waals surface area contributed by atoms with E-state index in [1.165, 1.54) is 12.1 Å². The number of alkyl halides is 3. The van der Waals surface area contributed by atoms with E-state index >= 15 is 0 Å². The number of amides is 1. The summed E-state index contributed by atoms with van der Waals surface area (Å²) in [6, 6.07) is 17.5. The maximum Gasteiger partial charge on any atom is 0.417 e. The molecule has 0 saturated carbocycles. The normalized spacial score (nSPS) is 11.9. The molecule has 0 spiro atoms. The Labute approximate surface area is 164 Å². The Morgan fingerprint density at radius 1 is 0.931 bits per heavy atom. The highest BCUT2D eigenvalue weighted by Gasteiger charge is 2.34. The van der Waals surface area contributed by atoms with Gasteiger partial charge in [0.15, 0.2) is 0 Å². The zero-order chi connectivity index (χ0) is 20.6. The number of hydrogen-bond donors (Lipinski definition) is 2. The first kappa shape index (κ1) is 19.0. The van der Waals surface area contributed by atoms with Crippen molar-refractivity contribution in [1.29, 1.82) is 0 Å². The van der Waals surface area contributed by atoms with Crippen LogP contribution >= 0.6 is 0 Å². The lowest BCUT2D eigenvalue weighted by Crippen LogP contribution is -2.18. The summed E-state index contributed by atoms with van der Waals surface area (Å²) in [6.45, 7) is 0.384. The summed E-state index contributed by atoms with van der Waals surface area (Å²) in [5.41, 5.74) is 0.795. The standard InChI is InChI=1S/C22H17F3N2O2/c23-22(24,25)18-7-3-1-6-16(18)21(29)26-14-9-10-20-17(13-14)15-5-2-4-8-19(15)27(20)11-12-28/h1-10,13,28H,11-12H2,(H,26,29). The van der Waals surface area contributed by atoms with Crippen LogP contribution in [-0.2, 0) is 12.7 Å². The Hall–Kier alpha value is -3.32. The lowest BCUT2D eigenvalue weighted by molar-refractivity contribution is -0.137. The van der Waals surface area contributed by atoms with Crippen molar-refractivity contribution < 1.29 is 23.1 Å². The summed E-state index contributed by atoms with van der Waals surface area (Å²) < 4.78 is 41.6. The zero-order valence-corrected chi connectivity index (χ0v) is 15.2. The van der Waals surface area contributed by atoms with Crippen LogP contribution in [0.1, 0.15) is 15.9 Å². The van der Waals surface area contributed by atoms with Crippen LogP contribution in [0.3, 0.4) is 0 Å². The van der Waals surface area contributed by atoms with Gasteiger partial charge in [0, 0.05) is 34.0 Å². The molecule has 0 atom stereocenters. The number of nitrogens with one attached hydrogen (secondary N) is 1. The van der Waals surface area contributed by atoms with Gasteiger partial charge >= 0.3 is 6.18 Å². The Kier molecular flexibility index (Phi) is 4.76. The van der Waals surface area contributed by atoms with Crippen LogP contribution in [0.15, 0.2) is 66.7 Å². The minimum absolute atomic E-state index is 0.0273. The quantitative estimate of drug-likeness (QED) is 0.505. The molecule has 3 aromatic carbocycles. The average molecular weight is 398 g/mol. The molecule has 0 radical (unpaired) electrons. The predicted octanol–water partition coefficient (Wildman–Crippen LogP) is 5.06. The Morgan fingerprint density at radius 2 is 1.62 bits per heavy atom. The van der Waals surface area contributed by atoms with Crippen LogP contribution in [0.25, 0.3) is 21.8 Å². The van der Waals surface area contributed by atoms with Crippen molar-refractivity contribution in [3.05, 3.63) is 77.9 Å². The molecule has 0 unspecified atom stereocenters. The molecule has 4 aromatic rings. The zero-order valence-electron chi connectivity index (χ0n) is 15.2. The molecule has 1 heterocycles. The molecule has 1 aromatic heterocycles. The number of carbonyl (C=O) groups is 1. The van der Waals surface area contributed by atoms with E-state index < -0.39 is 23.2 Å². The van der Waals surface area contributed by atoms with E-state index in [1.54, 1.807) is 18.2 Å². The molecular weight excluding hydrogens is 381 g/mol. The SMILES string of the molecule is O=C(Nc1ccc2c(c1)c1ccccc1n2CCO)c1ccccc1C(F)(F)F. The molecule has 4 rings (SSSR count). The average Bonchev–Trinajstić information content (AvgIpc) is 3.01. The van der Waals surface area contributed by atoms with E-state index in [0.29, 0.717) is 12.2 Å². The van der Waals surface area contributed by atoms with Crippen LogP contribution in [0, 0.1) is 0 Å². The third kappa shape index (κ3) is 3.45. The third-order valence-electron chi connectivity index (χ3n) is 4.83. The largest absolute Gasteiger partial charge is 0.417 e. The second kappa shape index (κ2) is 7.25. The molecule has 0 bridgehead atoms. The van der Waals surface area contributed by atoms with Crippen molar-refractivity contribution in [1.82, 2.24) is 4.57 Å². The van der Waals surface area contributed by atoms with Crippen molar-refractivity contribution in [2.24, 2.45) is 0 Å². The highest BCUT2D eigenvalue weighted by atomic mass is 19.4. The van der Waals surface area contributed by atoms with E-state index in [0.717, 1.165) is 33.9 Å². The molecule has 0 saturated heterocycles. The molecule has 1 amide bonds. The fourth-order valence-electron chi connectivity index (χ4n) is 3.60. The number of hydrogen-bond acceptors (Lipinski definition) is 2. The predicted molar refractivity (Wildman–Crippen MR) is 106 cm³/mol. The molecule has 0 aliphatic carbocycles. The topological polar surface area (TPSA) is 54.3 Å². The van der Waals surface area contributed by atoms with Gasteiger partial charge in [0.05, 0.1) is 17.7 Å². The number of aliphatic hydroxyl groups excluding tert-OH is 1. The van der Waals surface area contributed by atoms with Gasteiger partial charge in [-0.3, -0.25) is 4.79 Å². The lowest BCUT2D eigenvalue weighted by Gasteiger charge is -2.13. The van der Waals surface area contributed by atoms with Gasteiger partial charge in [-0.05, 0) is 36.4 Å². The maximum absolute atomic E-state index is 13.2. The molecule has 29 heavy (non-hydrogen) atoms. The van der Waals surface area contributed by atoms with E-state index in [1.807, 2.05) is 28.8 Å². The molecule has 0 aliphatic rings. The summed E-state index contributed by atoms with van der Waals surface area (Å²) in [7, 11) is 0. The van der Waals surface area contributed by atoms with Gasteiger partial charge in [-0.15, -0.1) is 0 Å². The number of anilines is 1. The first-order chi connectivity index (χ1) is 13.9. The van der Waals surface area contributed by atoms with Gasteiger partial charge in [-0.2, -0.15) is 13.2 Å². The van der Waals surface area contributed by atoms with Crippen molar-refractivity contribution in [2.45, 2.75) is 12.7 Å². The van der Waals surface area contributed by atoms with Crippen LogP contribution in [-0.4, -0.2) is 22.2 Å². The van der Waals surface area contributed by atoms with Crippen LogP contribution in [0.5, 0.6) is 0 Å². The monoisotopic (exact) mass is 398 g/mol.